The van der Waals surface area contributed by atoms with Crippen molar-refractivity contribution in [3.63, 3.8) is 0 Å². The van der Waals surface area contributed by atoms with Crippen molar-refractivity contribution >= 4 is 0 Å². The third-order valence-corrected chi connectivity index (χ3v) is 2.07. The summed E-state index contributed by atoms with van der Waals surface area (Å²) in [5.74, 6) is 0.950. The second-order valence-corrected chi connectivity index (χ2v) is 4.14. The minimum Gasteiger partial charge on any atom is -0.383 e. The average molecular weight is 157 g/mol. The van der Waals surface area contributed by atoms with Crippen molar-refractivity contribution in [2.75, 3.05) is 20.3 Å². The molecule has 0 heterocycles. The zero-order chi connectivity index (χ0) is 8.32. The molecule has 0 spiro atoms. The lowest BCUT2D eigenvalue weighted by atomic mass is 10.1. The molecule has 1 aliphatic rings. The smallest absolute Gasteiger partial charge is 0.0639 e. The summed E-state index contributed by atoms with van der Waals surface area (Å²) in [6, 6.07) is 0. The number of hydrogen-bond donors (Lipinski definition) is 1. The fourth-order valence-corrected chi connectivity index (χ4v) is 1.15. The molecule has 0 aliphatic heterocycles. The molecule has 0 radical (unpaired) electrons. The summed E-state index contributed by atoms with van der Waals surface area (Å²) in [4.78, 5) is 0. The van der Waals surface area contributed by atoms with Crippen LogP contribution in [0.25, 0.3) is 0 Å². The lowest BCUT2D eigenvalue weighted by Crippen LogP contribution is -2.44. The fourth-order valence-electron chi connectivity index (χ4n) is 1.15. The molecular weight excluding hydrogens is 138 g/mol. The molecule has 0 aromatic heterocycles. The maximum absolute atomic E-state index is 5.10. The largest absolute Gasteiger partial charge is 0.383 e. The van der Waals surface area contributed by atoms with Crippen LogP contribution in [-0.2, 0) is 4.74 Å². The van der Waals surface area contributed by atoms with E-state index in [1.54, 1.807) is 7.11 Å². The van der Waals surface area contributed by atoms with Gasteiger partial charge in [0.25, 0.3) is 0 Å². The van der Waals surface area contributed by atoms with Gasteiger partial charge in [-0.25, -0.2) is 0 Å². The Labute approximate surface area is 69.3 Å². The van der Waals surface area contributed by atoms with Crippen molar-refractivity contribution < 1.29 is 4.74 Å². The Hall–Kier alpha value is -0.0800. The third-order valence-electron chi connectivity index (χ3n) is 2.07. The molecule has 1 N–H and O–H groups in total. The van der Waals surface area contributed by atoms with Gasteiger partial charge in [0.05, 0.1) is 6.61 Å². The van der Waals surface area contributed by atoms with Crippen LogP contribution in [0.15, 0.2) is 0 Å². The van der Waals surface area contributed by atoms with E-state index in [2.05, 4.69) is 19.2 Å². The second kappa shape index (κ2) is 3.55. The Morgan fingerprint density at radius 2 is 2.09 bits per heavy atom. The van der Waals surface area contributed by atoms with Crippen LogP contribution in [0, 0.1) is 5.92 Å². The molecule has 66 valence electrons. The van der Waals surface area contributed by atoms with Gasteiger partial charge in [0, 0.05) is 12.6 Å². The molecule has 1 saturated carbocycles. The number of rotatable bonds is 5. The molecule has 1 rings (SSSR count). The normalized spacial score (nSPS) is 18.8. The Bertz CT molecular complexity index is 119. The Morgan fingerprint density at radius 3 is 2.55 bits per heavy atom. The Morgan fingerprint density at radius 1 is 1.45 bits per heavy atom. The monoisotopic (exact) mass is 157 g/mol. The second-order valence-electron chi connectivity index (χ2n) is 4.14. The summed E-state index contributed by atoms with van der Waals surface area (Å²) in [7, 11) is 1.75. The van der Waals surface area contributed by atoms with E-state index in [0.29, 0.717) is 0 Å². The topological polar surface area (TPSA) is 21.3 Å². The van der Waals surface area contributed by atoms with Crippen LogP contribution < -0.4 is 5.32 Å². The average Bonchev–Trinajstić information content (AvgIpc) is 2.65. The van der Waals surface area contributed by atoms with E-state index >= 15 is 0 Å². The highest BCUT2D eigenvalue weighted by atomic mass is 16.5. The van der Waals surface area contributed by atoms with E-state index in [1.807, 2.05) is 0 Å². The summed E-state index contributed by atoms with van der Waals surface area (Å²) in [6.07, 6.45) is 2.83. The van der Waals surface area contributed by atoms with Gasteiger partial charge in [-0.2, -0.15) is 0 Å². The quantitative estimate of drug-likeness (QED) is 0.651. The molecule has 11 heavy (non-hydrogen) atoms. The first-order chi connectivity index (χ1) is 5.14. The predicted molar refractivity (Wildman–Crippen MR) is 46.7 cm³/mol. The predicted octanol–water partition coefficient (Wildman–Crippen LogP) is 1.41. The molecule has 1 fully saturated rings. The van der Waals surface area contributed by atoms with Crippen LogP contribution in [0.1, 0.15) is 26.7 Å². The summed E-state index contributed by atoms with van der Waals surface area (Å²) in [5.41, 5.74) is 0.150. The summed E-state index contributed by atoms with van der Waals surface area (Å²) < 4.78 is 5.10. The molecule has 0 aromatic rings. The number of methoxy groups -OCH3 is 1. The summed E-state index contributed by atoms with van der Waals surface area (Å²) in [6.45, 7) is 6.31. The lowest BCUT2D eigenvalue weighted by Gasteiger charge is -2.25. The van der Waals surface area contributed by atoms with Crippen molar-refractivity contribution in [2.24, 2.45) is 5.92 Å². The highest BCUT2D eigenvalue weighted by molar-refractivity contribution is 4.82. The Kier molecular flexibility index (Phi) is 2.90. The van der Waals surface area contributed by atoms with E-state index < -0.39 is 0 Å². The summed E-state index contributed by atoms with van der Waals surface area (Å²) >= 11 is 0. The van der Waals surface area contributed by atoms with Gasteiger partial charge in [0.15, 0.2) is 0 Å². The van der Waals surface area contributed by atoms with Gasteiger partial charge >= 0.3 is 0 Å². The van der Waals surface area contributed by atoms with Crippen LogP contribution >= 0.6 is 0 Å². The SMILES string of the molecule is COCC(C)(C)NCC1CC1. The van der Waals surface area contributed by atoms with E-state index in [0.717, 1.165) is 19.1 Å². The minimum atomic E-state index is 0.150. The standard InChI is InChI=1S/C9H19NO/c1-9(2,7-11-3)10-6-8-4-5-8/h8,10H,4-7H2,1-3H3. The molecule has 0 atom stereocenters. The van der Waals surface area contributed by atoms with Crippen LogP contribution in [-0.4, -0.2) is 25.8 Å². The van der Waals surface area contributed by atoms with Gasteiger partial charge < -0.3 is 10.1 Å². The molecule has 2 nitrogen and oxygen atoms in total. The number of ether oxygens (including phenoxy) is 1. The highest BCUT2D eigenvalue weighted by Gasteiger charge is 2.24. The van der Waals surface area contributed by atoms with Crippen molar-refractivity contribution in [3.8, 4) is 0 Å². The molecule has 0 amide bonds. The van der Waals surface area contributed by atoms with Crippen molar-refractivity contribution in [1.82, 2.24) is 5.32 Å². The molecule has 0 saturated heterocycles. The van der Waals surface area contributed by atoms with Gasteiger partial charge in [-0.1, -0.05) is 0 Å². The molecular formula is C9H19NO. The van der Waals surface area contributed by atoms with Gasteiger partial charge in [-0.05, 0) is 39.2 Å². The first-order valence-electron chi connectivity index (χ1n) is 4.38. The van der Waals surface area contributed by atoms with Crippen LogP contribution in [0.2, 0.25) is 0 Å². The fraction of sp³-hybridized carbons (Fsp3) is 1.00. The molecule has 0 aromatic carbocycles. The highest BCUT2D eigenvalue weighted by Crippen LogP contribution is 2.28. The van der Waals surface area contributed by atoms with Crippen LogP contribution in [0.5, 0.6) is 0 Å². The van der Waals surface area contributed by atoms with Crippen molar-refractivity contribution in [3.05, 3.63) is 0 Å². The van der Waals surface area contributed by atoms with E-state index in [4.69, 9.17) is 4.74 Å². The molecule has 2 heteroatoms. The van der Waals surface area contributed by atoms with Crippen molar-refractivity contribution in [2.45, 2.75) is 32.2 Å². The lowest BCUT2D eigenvalue weighted by molar-refractivity contribution is 0.128. The van der Waals surface area contributed by atoms with Gasteiger partial charge in [0.2, 0.25) is 0 Å². The molecule has 1 aliphatic carbocycles. The van der Waals surface area contributed by atoms with Crippen LogP contribution in [0.4, 0.5) is 0 Å². The van der Waals surface area contributed by atoms with Gasteiger partial charge in [-0.3, -0.25) is 0 Å². The zero-order valence-corrected chi connectivity index (χ0v) is 7.81. The van der Waals surface area contributed by atoms with E-state index in [9.17, 15) is 0 Å². The van der Waals surface area contributed by atoms with E-state index in [1.165, 1.54) is 12.8 Å². The molecule has 0 bridgehead atoms. The maximum Gasteiger partial charge on any atom is 0.0639 e. The van der Waals surface area contributed by atoms with Crippen LogP contribution in [0.3, 0.4) is 0 Å². The zero-order valence-electron chi connectivity index (χ0n) is 7.81. The van der Waals surface area contributed by atoms with Gasteiger partial charge in [0.1, 0.15) is 0 Å². The summed E-state index contributed by atoms with van der Waals surface area (Å²) in [5, 5.41) is 3.50. The number of hydrogen-bond acceptors (Lipinski definition) is 2. The Balaban J connectivity index is 2.09. The first kappa shape index (κ1) is 9.01. The van der Waals surface area contributed by atoms with Gasteiger partial charge in [-0.15, -0.1) is 0 Å². The maximum atomic E-state index is 5.10. The molecule has 0 unspecified atom stereocenters. The minimum absolute atomic E-state index is 0.150. The number of nitrogens with one attached hydrogen (secondary N) is 1. The van der Waals surface area contributed by atoms with E-state index in [-0.39, 0.29) is 5.54 Å². The first-order valence-corrected chi connectivity index (χ1v) is 4.38. The third kappa shape index (κ3) is 3.73. The van der Waals surface area contributed by atoms with Crippen molar-refractivity contribution in [1.29, 1.82) is 0 Å².